The van der Waals surface area contributed by atoms with E-state index in [9.17, 15) is 14.4 Å². The van der Waals surface area contributed by atoms with E-state index in [1.54, 1.807) is 24.1 Å². The van der Waals surface area contributed by atoms with Crippen LogP contribution in [0.5, 0.6) is 0 Å². The summed E-state index contributed by atoms with van der Waals surface area (Å²) < 4.78 is 0. The lowest BCUT2D eigenvalue weighted by molar-refractivity contribution is -0.132. The second kappa shape index (κ2) is 7.51. The van der Waals surface area contributed by atoms with Crippen LogP contribution in [-0.2, 0) is 27.5 Å². The van der Waals surface area contributed by atoms with E-state index in [1.165, 1.54) is 0 Å². The van der Waals surface area contributed by atoms with Gasteiger partial charge in [-0.15, -0.1) is 0 Å². The highest BCUT2D eigenvalue weighted by Gasteiger charge is 2.25. The van der Waals surface area contributed by atoms with Crippen LogP contribution in [0.1, 0.15) is 29.5 Å². The van der Waals surface area contributed by atoms with Crippen LogP contribution < -0.4 is 10.6 Å². The Kier molecular flexibility index (Phi) is 5.44. The number of carbonyl (C=O) groups is 3. The highest BCUT2D eigenvalue weighted by molar-refractivity contribution is 5.90. The summed E-state index contributed by atoms with van der Waals surface area (Å²) in [5.74, 6) is -0.502. The lowest BCUT2D eigenvalue weighted by atomic mass is 10.1. The average molecular weight is 314 g/mol. The number of imide groups is 1. The number of nitrogens with zero attached hydrogens (tertiary/aromatic N) is 2. The van der Waals surface area contributed by atoms with Gasteiger partial charge in [0.2, 0.25) is 18.2 Å². The molecule has 23 heavy (non-hydrogen) atoms. The Bertz CT molecular complexity index is 666. The van der Waals surface area contributed by atoms with Gasteiger partial charge in [0, 0.05) is 19.5 Å². The number of likely N-dealkylation sites (N-methyl/N-ethyl adjacent to an activating group) is 1. The predicted octanol–water partition coefficient (Wildman–Crippen LogP) is 0.0413. The molecule has 0 aromatic heterocycles. The van der Waals surface area contributed by atoms with E-state index in [0.717, 1.165) is 11.1 Å². The van der Waals surface area contributed by atoms with Crippen LogP contribution in [0.4, 0.5) is 0 Å². The second-order valence-electron chi connectivity index (χ2n) is 5.35. The number of hydrogen-bond donors (Lipinski definition) is 2. The van der Waals surface area contributed by atoms with Gasteiger partial charge in [0.15, 0.2) is 0 Å². The molecule has 0 saturated carbocycles. The van der Waals surface area contributed by atoms with Gasteiger partial charge in [0.25, 0.3) is 0 Å². The molecule has 0 spiro atoms. The number of hydrogen-bond acceptors (Lipinski definition) is 5. The van der Waals surface area contributed by atoms with Gasteiger partial charge in [0.05, 0.1) is 17.7 Å². The Labute approximate surface area is 134 Å². The third-order valence-corrected chi connectivity index (χ3v) is 3.92. The van der Waals surface area contributed by atoms with Gasteiger partial charge in [-0.1, -0.05) is 6.07 Å². The minimum atomic E-state index is -0.584. The smallest absolute Gasteiger partial charge is 0.243 e. The Morgan fingerprint density at radius 3 is 2.78 bits per heavy atom. The average Bonchev–Trinajstić information content (AvgIpc) is 2.98. The molecular formula is C16H18N4O3. The minimum absolute atomic E-state index is 0.0566. The van der Waals surface area contributed by atoms with Gasteiger partial charge < -0.3 is 10.2 Å². The van der Waals surface area contributed by atoms with Crippen molar-refractivity contribution in [3.05, 3.63) is 34.9 Å². The Hall–Kier alpha value is -2.72. The molecule has 2 rings (SSSR count). The van der Waals surface area contributed by atoms with Crippen molar-refractivity contribution in [2.45, 2.75) is 32.0 Å². The number of nitrogens with one attached hydrogen (secondary N) is 2. The number of nitriles is 1. The molecule has 1 heterocycles. The summed E-state index contributed by atoms with van der Waals surface area (Å²) in [7, 11) is 1.61. The van der Waals surface area contributed by atoms with E-state index >= 15 is 0 Å². The van der Waals surface area contributed by atoms with Crippen LogP contribution in [0.15, 0.2) is 18.2 Å². The van der Waals surface area contributed by atoms with E-state index < -0.39 is 11.9 Å². The Morgan fingerprint density at radius 1 is 1.39 bits per heavy atom. The summed E-state index contributed by atoms with van der Waals surface area (Å²) in [6, 6.07) is 6.92. The molecule has 1 unspecified atom stereocenters. The largest absolute Gasteiger partial charge is 0.334 e. The first kappa shape index (κ1) is 16.6. The highest BCUT2D eigenvalue weighted by Crippen LogP contribution is 2.24. The second-order valence-corrected chi connectivity index (χ2v) is 5.35. The molecular weight excluding hydrogens is 296 g/mol. The monoisotopic (exact) mass is 314 g/mol. The first-order valence-corrected chi connectivity index (χ1v) is 7.30. The van der Waals surface area contributed by atoms with Crippen LogP contribution in [0.3, 0.4) is 0 Å². The summed E-state index contributed by atoms with van der Waals surface area (Å²) in [6.07, 6.45) is 0.848. The first-order valence-electron chi connectivity index (χ1n) is 7.30. The summed E-state index contributed by atoms with van der Waals surface area (Å²) in [5.41, 5.74) is 2.61. The first-order chi connectivity index (χ1) is 11.1. The fourth-order valence-electron chi connectivity index (χ4n) is 2.63. The van der Waals surface area contributed by atoms with Crippen molar-refractivity contribution >= 4 is 18.2 Å². The molecule has 120 valence electrons. The lowest BCUT2D eigenvalue weighted by Crippen LogP contribution is -2.42. The SMILES string of the molecule is CNC(CCC(=O)N1Cc2ccc(C#N)cc2C1)C(=O)NC=O. The molecule has 0 bridgehead atoms. The third-order valence-electron chi connectivity index (χ3n) is 3.92. The zero-order valence-corrected chi connectivity index (χ0v) is 12.8. The fourth-order valence-corrected chi connectivity index (χ4v) is 2.63. The minimum Gasteiger partial charge on any atom is -0.334 e. The van der Waals surface area contributed by atoms with Crippen molar-refractivity contribution in [2.75, 3.05) is 7.05 Å². The van der Waals surface area contributed by atoms with E-state index in [1.807, 2.05) is 6.07 Å². The molecule has 7 heteroatoms. The van der Waals surface area contributed by atoms with Crippen molar-refractivity contribution in [1.29, 1.82) is 5.26 Å². The van der Waals surface area contributed by atoms with Gasteiger partial charge in [-0.2, -0.15) is 5.26 Å². The molecule has 0 radical (unpaired) electrons. The topological polar surface area (TPSA) is 102 Å². The fraction of sp³-hybridized carbons (Fsp3) is 0.375. The molecule has 1 aromatic carbocycles. The number of benzene rings is 1. The van der Waals surface area contributed by atoms with Gasteiger partial charge in [-0.05, 0) is 36.7 Å². The summed E-state index contributed by atoms with van der Waals surface area (Å²) >= 11 is 0. The van der Waals surface area contributed by atoms with E-state index in [-0.39, 0.29) is 12.3 Å². The maximum absolute atomic E-state index is 12.3. The van der Waals surface area contributed by atoms with Crippen molar-refractivity contribution < 1.29 is 14.4 Å². The Balaban J connectivity index is 1.91. The van der Waals surface area contributed by atoms with Crippen LogP contribution >= 0.6 is 0 Å². The van der Waals surface area contributed by atoms with Gasteiger partial charge in [-0.3, -0.25) is 19.7 Å². The summed E-state index contributed by atoms with van der Waals surface area (Å²) in [6.45, 7) is 0.999. The quantitative estimate of drug-likeness (QED) is 0.722. The maximum Gasteiger partial charge on any atom is 0.243 e. The summed E-state index contributed by atoms with van der Waals surface area (Å²) in [5, 5.41) is 13.8. The number of rotatable bonds is 6. The molecule has 1 aliphatic heterocycles. The number of amides is 3. The molecule has 1 atom stereocenters. The van der Waals surface area contributed by atoms with Crippen LogP contribution in [0, 0.1) is 11.3 Å². The lowest BCUT2D eigenvalue weighted by Gasteiger charge is -2.18. The standard InChI is InChI=1S/C16H18N4O3/c1-18-14(16(23)19-10-21)4-5-15(22)20-8-12-3-2-11(7-17)6-13(12)9-20/h2-3,6,10,14,18H,4-5,8-9H2,1H3,(H,19,21,23). The molecule has 1 aromatic rings. The van der Waals surface area contributed by atoms with Crippen molar-refractivity contribution in [3.63, 3.8) is 0 Å². The molecule has 0 saturated heterocycles. The number of fused-ring (bicyclic) bond motifs is 1. The molecule has 2 N–H and O–H groups in total. The molecule has 0 aliphatic carbocycles. The third kappa shape index (κ3) is 3.93. The van der Waals surface area contributed by atoms with Crippen LogP contribution in [-0.4, -0.2) is 36.2 Å². The van der Waals surface area contributed by atoms with E-state index in [2.05, 4.69) is 16.7 Å². The van der Waals surface area contributed by atoms with Crippen molar-refractivity contribution in [3.8, 4) is 6.07 Å². The molecule has 7 nitrogen and oxygen atoms in total. The van der Waals surface area contributed by atoms with Crippen LogP contribution in [0.25, 0.3) is 0 Å². The van der Waals surface area contributed by atoms with Crippen molar-refractivity contribution in [2.24, 2.45) is 0 Å². The van der Waals surface area contributed by atoms with E-state index in [0.29, 0.717) is 31.5 Å². The van der Waals surface area contributed by atoms with Crippen LogP contribution in [0.2, 0.25) is 0 Å². The Morgan fingerprint density at radius 2 is 2.13 bits per heavy atom. The molecule has 1 aliphatic rings. The zero-order chi connectivity index (χ0) is 16.8. The maximum atomic E-state index is 12.3. The summed E-state index contributed by atoms with van der Waals surface area (Å²) in [4.78, 5) is 35.9. The van der Waals surface area contributed by atoms with E-state index in [4.69, 9.17) is 5.26 Å². The predicted molar refractivity (Wildman–Crippen MR) is 81.7 cm³/mol. The molecule has 3 amide bonds. The molecule has 0 fully saturated rings. The van der Waals surface area contributed by atoms with Gasteiger partial charge in [0.1, 0.15) is 0 Å². The van der Waals surface area contributed by atoms with Gasteiger partial charge in [-0.25, -0.2) is 0 Å². The highest BCUT2D eigenvalue weighted by atomic mass is 16.2. The normalized spacial score (nSPS) is 13.8. The number of carbonyl (C=O) groups excluding carboxylic acids is 3. The van der Waals surface area contributed by atoms with Crippen molar-refractivity contribution in [1.82, 2.24) is 15.5 Å². The zero-order valence-electron chi connectivity index (χ0n) is 12.8. The van der Waals surface area contributed by atoms with Gasteiger partial charge >= 0.3 is 0 Å².